The Bertz CT molecular complexity index is 633. The molecule has 0 aliphatic carbocycles. The van der Waals surface area contributed by atoms with Gasteiger partial charge in [0.2, 0.25) is 0 Å². The first-order valence-corrected chi connectivity index (χ1v) is 5.88. The molecule has 0 spiro atoms. The summed E-state index contributed by atoms with van der Waals surface area (Å²) >= 11 is 0. The summed E-state index contributed by atoms with van der Waals surface area (Å²) < 4.78 is 67.6. The maximum atomic E-state index is 13.4. The molecule has 2 rings (SSSR count). The monoisotopic (exact) mass is 303 g/mol. The Hall–Kier alpha value is -2.31. The van der Waals surface area contributed by atoms with Crippen LogP contribution in [0.15, 0.2) is 36.4 Å². The van der Waals surface area contributed by atoms with Gasteiger partial charge in [0.1, 0.15) is 11.6 Å². The minimum absolute atomic E-state index is 0.0687. The fourth-order valence-corrected chi connectivity index (χ4v) is 1.68. The lowest BCUT2D eigenvalue weighted by Crippen LogP contribution is -2.05. The molecule has 0 unspecified atom stereocenters. The van der Waals surface area contributed by atoms with Gasteiger partial charge in [0.05, 0.1) is 0 Å². The second-order valence-corrected chi connectivity index (χ2v) is 4.12. The SMILES string of the molecule is Fc1cc(F)c(CNc2cccc(OC(F)F)c2)cc1F. The average Bonchev–Trinajstić information content (AvgIpc) is 2.41. The Kier molecular flexibility index (Phi) is 4.62. The van der Waals surface area contributed by atoms with Gasteiger partial charge in [-0.25, -0.2) is 13.2 Å². The Balaban J connectivity index is 2.08. The molecule has 0 saturated heterocycles. The molecule has 0 atom stereocenters. The summed E-state index contributed by atoms with van der Waals surface area (Å²) in [6.45, 7) is -3.09. The van der Waals surface area contributed by atoms with Crippen LogP contribution in [0, 0.1) is 17.5 Å². The van der Waals surface area contributed by atoms with Gasteiger partial charge in [-0.1, -0.05) is 6.07 Å². The van der Waals surface area contributed by atoms with Crippen LogP contribution in [0.5, 0.6) is 5.75 Å². The summed E-state index contributed by atoms with van der Waals surface area (Å²) in [5.41, 5.74) is 0.284. The van der Waals surface area contributed by atoms with Crippen LogP contribution in [-0.2, 0) is 6.54 Å². The van der Waals surface area contributed by atoms with Gasteiger partial charge in [-0.05, 0) is 18.2 Å². The smallest absolute Gasteiger partial charge is 0.387 e. The van der Waals surface area contributed by atoms with Crippen LogP contribution in [0.3, 0.4) is 0 Å². The lowest BCUT2D eigenvalue weighted by atomic mass is 10.2. The maximum Gasteiger partial charge on any atom is 0.387 e. The molecule has 0 aliphatic rings. The fourth-order valence-electron chi connectivity index (χ4n) is 1.68. The molecule has 1 N–H and O–H groups in total. The Morgan fingerprint density at radius 1 is 0.952 bits per heavy atom. The maximum absolute atomic E-state index is 13.4. The van der Waals surface area contributed by atoms with E-state index in [-0.39, 0.29) is 17.9 Å². The van der Waals surface area contributed by atoms with Crippen molar-refractivity contribution in [1.29, 1.82) is 0 Å². The van der Waals surface area contributed by atoms with E-state index in [1.807, 2.05) is 0 Å². The van der Waals surface area contributed by atoms with Crippen molar-refractivity contribution in [2.45, 2.75) is 13.2 Å². The van der Waals surface area contributed by atoms with Gasteiger partial charge in [-0.3, -0.25) is 0 Å². The highest BCUT2D eigenvalue weighted by atomic mass is 19.3. The summed E-state index contributed by atoms with van der Waals surface area (Å²) in [5.74, 6) is -3.41. The third-order valence-electron chi connectivity index (χ3n) is 2.63. The number of benzene rings is 2. The number of rotatable bonds is 5. The van der Waals surface area contributed by atoms with Crippen molar-refractivity contribution in [2.24, 2.45) is 0 Å². The molecule has 0 aliphatic heterocycles. The standard InChI is InChI=1S/C14H10F5NO/c15-11-6-13(17)12(16)4-8(11)7-20-9-2-1-3-10(5-9)21-14(18)19/h1-6,14,20H,7H2. The third-order valence-corrected chi connectivity index (χ3v) is 2.63. The molecular formula is C14H10F5NO. The van der Waals surface area contributed by atoms with E-state index in [1.54, 1.807) is 0 Å². The minimum Gasteiger partial charge on any atom is -0.435 e. The van der Waals surface area contributed by atoms with Crippen molar-refractivity contribution < 1.29 is 26.7 Å². The van der Waals surface area contributed by atoms with E-state index in [2.05, 4.69) is 10.1 Å². The highest BCUT2D eigenvalue weighted by Crippen LogP contribution is 2.21. The number of hydrogen-bond donors (Lipinski definition) is 1. The molecule has 112 valence electrons. The van der Waals surface area contributed by atoms with Gasteiger partial charge in [0.15, 0.2) is 11.6 Å². The first-order chi connectivity index (χ1) is 9.95. The van der Waals surface area contributed by atoms with E-state index in [9.17, 15) is 22.0 Å². The van der Waals surface area contributed by atoms with Crippen molar-refractivity contribution in [3.05, 3.63) is 59.4 Å². The number of ether oxygens (including phenoxy) is 1. The predicted molar refractivity (Wildman–Crippen MR) is 66.7 cm³/mol. The Labute approximate surface area is 117 Å². The van der Waals surface area contributed by atoms with Crippen molar-refractivity contribution in [2.75, 3.05) is 5.32 Å². The Morgan fingerprint density at radius 2 is 1.67 bits per heavy atom. The van der Waals surface area contributed by atoms with Crippen LogP contribution >= 0.6 is 0 Å². The normalized spacial score (nSPS) is 10.8. The average molecular weight is 303 g/mol. The summed E-state index contributed by atoms with van der Waals surface area (Å²) in [7, 11) is 0. The minimum atomic E-state index is -2.95. The van der Waals surface area contributed by atoms with E-state index in [0.717, 1.165) is 6.07 Å². The summed E-state index contributed by atoms with van der Waals surface area (Å²) in [6, 6.07) is 6.79. The number of alkyl halides is 2. The first-order valence-electron chi connectivity index (χ1n) is 5.88. The number of halogens is 5. The molecule has 0 amide bonds. The molecule has 0 aromatic heterocycles. The van der Waals surface area contributed by atoms with E-state index >= 15 is 0 Å². The van der Waals surface area contributed by atoms with Crippen LogP contribution in [-0.4, -0.2) is 6.61 Å². The van der Waals surface area contributed by atoms with Gasteiger partial charge in [-0.2, -0.15) is 8.78 Å². The largest absolute Gasteiger partial charge is 0.435 e. The van der Waals surface area contributed by atoms with E-state index in [4.69, 9.17) is 0 Å². The van der Waals surface area contributed by atoms with Gasteiger partial charge >= 0.3 is 6.61 Å². The second-order valence-electron chi connectivity index (χ2n) is 4.12. The number of anilines is 1. The van der Waals surface area contributed by atoms with Crippen LogP contribution < -0.4 is 10.1 Å². The predicted octanol–water partition coefficient (Wildman–Crippen LogP) is 4.32. The molecule has 0 radical (unpaired) electrons. The topological polar surface area (TPSA) is 21.3 Å². The Morgan fingerprint density at radius 3 is 2.38 bits per heavy atom. The molecule has 2 aromatic rings. The van der Waals surface area contributed by atoms with E-state index in [0.29, 0.717) is 11.8 Å². The molecule has 2 aromatic carbocycles. The summed E-state index contributed by atoms with van der Waals surface area (Å²) in [5, 5.41) is 2.71. The van der Waals surface area contributed by atoms with Gasteiger partial charge in [0, 0.05) is 29.9 Å². The lowest BCUT2D eigenvalue weighted by molar-refractivity contribution is -0.0498. The van der Waals surface area contributed by atoms with E-state index < -0.39 is 24.1 Å². The molecule has 0 saturated carbocycles. The first kappa shape index (κ1) is 15.1. The zero-order chi connectivity index (χ0) is 15.4. The second kappa shape index (κ2) is 6.43. The van der Waals surface area contributed by atoms with Crippen molar-refractivity contribution in [1.82, 2.24) is 0 Å². The number of nitrogens with one attached hydrogen (secondary N) is 1. The van der Waals surface area contributed by atoms with Crippen LogP contribution in [0.2, 0.25) is 0 Å². The van der Waals surface area contributed by atoms with Crippen molar-refractivity contribution >= 4 is 5.69 Å². The molecule has 0 bridgehead atoms. The molecule has 0 heterocycles. The van der Waals surface area contributed by atoms with Crippen molar-refractivity contribution in [3.8, 4) is 5.75 Å². The lowest BCUT2D eigenvalue weighted by Gasteiger charge is -2.10. The van der Waals surface area contributed by atoms with E-state index in [1.165, 1.54) is 24.3 Å². The number of hydrogen-bond acceptors (Lipinski definition) is 2. The highest BCUT2D eigenvalue weighted by Gasteiger charge is 2.10. The molecule has 21 heavy (non-hydrogen) atoms. The van der Waals surface area contributed by atoms with Gasteiger partial charge < -0.3 is 10.1 Å². The van der Waals surface area contributed by atoms with Crippen LogP contribution in [0.1, 0.15) is 5.56 Å². The fraction of sp³-hybridized carbons (Fsp3) is 0.143. The van der Waals surface area contributed by atoms with Gasteiger partial charge in [0.25, 0.3) is 0 Å². The van der Waals surface area contributed by atoms with Crippen LogP contribution in [0.4, 0.5) is 27.6 Å². The zero-order valence-corrected chi connectivity index (χ0v) is 10.5. The molecule has 7 heteroatoms. The quantitative estimate of drug-likeness (QED) is 0.656. The summed E-state index contributed by atoms with van der Waals surface area (Å²) in [6.07, 6.45) is 0. The summed E-state index contributed by atoms with van der Waals surface area (Å²) in [4.78, 5) is 0. The molecular weight excluding hydrogens is 293 g/mol. The van der Waals surface area contributed by atoms with Crippen LogP contribution in [0.25, 0.3) is 0 Å². The van der Waals surface area contributed by atoms with Crippen molar-refractivity contribution in [3.63, 3.8) is 0 Å². The third kappa shape index (κ3) is 4.08. The zero-order valence-electron chi connectivity index (χ0n) is 10.5. The molecule has 0 fully saturated rings. The van der Waals surface area contributed by atoms with Gasteiger partial charge in [-0.15, -0.1) is 0 Å². The molecule has 2 nitrogen and oxygen atoms in total. The highest BCUT2D eigenvalue weighted by molar-refractivity contribution is 5.48.